The summed E-state index contributed by atoms with van der Waals surface area (Å²) in [5.41, 5.74) is 5.31. The average Bonchev–Trinajstić information content (AvgIpc) is 3.05. The molecule has 4 atom stereocenters. The molecule has 0 heterocycles. The summed E-state index contributed by atoms with van der Waals surface area (Å²) in [6, 6.07) is 13.7. The molecule has 0 aromatic heterocycles. The second-order valence-electron chi connectivity index (χ2n) is 9.14. The summed E-state index contributed by atoms with van der Waals surface area (Å²) in [6.45, 7) is 2.42. The molecule has 1 N–H and O–H groups in total. The van der Waals surface area contributed by atoms with E-state index in [0.29, 0.717) is 17.6 Å². The van der Waals surface area contributed by atoms with E-state index < -0.39 is 0 Å². The number of phenolic OH excluding ortho intramolecular Hbond substituents is 1. The van der Waals surface area contributed by atoms with Crippen molar-refractivity contribution >= 4 is 23.5 Å². The van der Waals surface area contributed by atoms with Gasteiger partial charge in [-0.3, -0.25) is 0 Å². The summed E-state index contributed by atoms with van der Waals surface area (Å²) < 4.78 is 0. The smallest absolute Gasteiger partial charge is 0.115 e. The third-order valence-electron chi connectivity index (χ3n) is 7.71. The minimum atomic E-state index is 0.174. The van der Waals surface area contributed by atoms with Gasteiger partial charge in [0.2, 0.25) is 0 Å². The van der Waals surface area contributed by atoms with Gasteiger partial charge in [-0.15, -0.1) is 0 Å². The average molecular weight is 407 g/mol. The van der Waals surface area contributed by atoms with E-state index in [9.17, 15) is 5.11 Å². The monoisotopic (exact) mass is 406 g/mol. The van der Waals surface area contributed by atoms with Crippen LogP contribution in [-0.4, -0.2) is 17.0 Å². The summed E-state index contributed by atoms with van der Waals surface area (Å²) in [6.07, 6.45) is 8.80. The largest absolute Gasteiger partial charge is 0.508 e. The Bertz CT molecular complexity index is 981. The summed E-state index contributed by atoms with van der Waals surface area (Å²) >= 11 is 5.95. The van der Waals surface area contributed by atoms with E-state index in [0.717, 1.165) is 29.3 Å². The minimum absolute atomic E-state index is 0.174. The Balaban J connectivity index is 1.37. The fourth-order valence-corrected chi connectivity index (χ4v) is 6.36. The number of hydrogen-bond acceptors (Lipinski definition) is 3. The van der Waals surface area contributed by atoms with Crippen LogP contribution >= 0.6 is 11.6 Å². The zero-order valence-corrected chi connectivity index (χ0v) is 17.6. The fraction of sp³-hybridized carbons (Fsp3) is 0.440. The number of aryl methyl sites for hydroxylation is 1. The molecule has 3 aliphatic rings. The van der Waals surface area contributed by atoms with Crippen molar-refractivity contribution in [1.82, 2.24) is 0 Å². The highest BCUT2D eigenvalue weighted by Gasteiger charge is 2.53. The fourth-order valence-electron chi connectivity index (χ4n) is 6.24. The van der Waals surface area contributed by atoms with Gasteiger partial charge in [-0.25, -0.2) is 0 Å². The zero-order valence-electron chi connectivity index (χ0n) is 16.8. The third kappa shape index (κ3) is 3.30. The Morgan fingerprint density at radius 3 is 2.72 bits per heavy atom. The Labute approximate surface area is 177 Å². The van der Waals surface area contributed by atoms with Crippen LogP contribution in [0.15, 0.2) is 52.7 Å². The van der Waals surface area contributed by atoms with Gasteiger partial charge in [-0.1, -0.05) is 36.7 Å². The van der Waals surface area contributed by atoms with Crippen molar-refractivity contribution in [2.75, 3.05) is 0 Å². The van der Waals surface area contributed by atoms with Gasteiger partial charge in [0.15, 0.2) is 0 Å². The van der Waals surface area contributed by atoms with E-state index in [-0.39, 0.29) is 5.41 Å². The van der Waals surface area contributed by atoms with Crippen molar-refractivity contribution in [3.05, 3.63) is 64.2 Å². The maximum absolute atomic E-state index is 9.85. The standard InChI is InChI=1S/C25H27ClN2O/c1-25-13-12-21-20-9-7-19(29)14-17(20)4-8-22(21)23(25)10-11-24(25)28-27-15-16-2-5-18(26)6-3-16/h2-3,5-7,9,14-15,21-23,29H,4,8,10-13H2,1H3/b27-15-,28-24-/t21-,22+,23-,25+/m1/s1. The quantitative estimate of drug-likeness (QED) is 0.456. The summed E-state index contributed by atoms with van der Waals surface area (Å²) in [7, 11) is 0. The van der Waals surface area contributed by atoms with Crippen molar-refractivity contribution in [1.29, 1.82) is 0 Å². The first-order chi connectivity index (χ1) is 14.0. The van der Waals surface area contributed by atoms with E-state index in [4.69, 9.17) is 16.7 Å². The molecule has 2 fully saturated rings. The van der Waals surface area contributed by atoms with Gasteiger partial charge in [-0.05, 0) is 97.2 Å². The second-order valence-corrected chi connectivity index (χ2v) is 9.57. The Hall–Kier alpha value is -2.13. The van der Waals surface area contributed by atoms with Crippen molar-refractivity contribution in [2.24, 2.45) is 27.5 Å². The molecule has 4 heteroatoms. The lowest BCUT2D eigenvalue weighted by Gasteiger charge is -2.49. The van der Waals surface area contributed by atoms with Crippen LogP contribution in [0.4, 0.5) is 0 Å². The molecule has 0 radical (unpaired) electrons. The second kappa shape index (κ2) is 7.28. The SMILES string of the molecule is C[C@]12CC[C@@H]3c4ccc(O)cc4CC[C@@H]3[C@H]1CC/C2=N/N=C\c1ccc(Cl)cc1. The summed E-state index contributed by atoms with van der Waals surface area (Å²) in [4.78, 5) is 0. The lowest BCUT2D eigenvalue weighted by atomic mass is 9.55. The van der Waals surface area contributed by atoms with Crippen LogP contribution in [0.5, 0.6) is 5.75 Å². The van der Waals surface area contributed by atoms with Gasteiger partial charge < -0.3 is 5.11 Å². The number of nitrogens with zero attached hydrogens (tertiary/aromatic N) is 2. The van der Waals surface area contributed by atoms with Crippen LogP contribution in [0.25, 0.3) is 0 Å². The molecule has 0 aliphatic heterocycles. The number of fused-ring (bicyclic) bond motifs is 5. The van der Waals surface area contributed by atoms with Crippen LogP contribution in [0.2, 0.25) is 5.02 Å². The van der Waals surface area contributed by atoms with Crippen LogP contribution in [-0.2, 0) is 6.42 Å². The third-order valence-corrected chi connectivity index (χ3v) is 7.96. The lowest BCUT2D eigenvalue weighted by molar-refractivity contribution is 0.0955. The highest BCUT2D eigenvalue weighted by Crippen LogP contribution is 2.60. The maximum atomic E-state index is 9.85. The van der Waals surface area contributed by atoms with E-state index in [2.05, 4.69) is 18.1 Å². The van der Waals surface area contributed by atoms with Crippen molar-refractivity contribution in [3.8, 4) is 5.75 Å². The van der Waals surface area contributed by atoms with Gasteiger partial charge in [0, 0.05) is 16.1 Å². The Morgan fingerprint density at radius 1 is 1.07 bits per heavy atom. The van der Waals surface area contributed by atoms with Gasteiger partial charge in [0.1, 0.15) is 5.75 Å². The highest BCUT2D eigenvalue weighted by atomic mass is 35.5. The molecule has 150 valence electrons. The van der Waals surface area contributed by atoms with E-state index >= 15 is 0 Å². The van der Waals surface area contributed by atoms with Crippen LogP contribution in [0.1, 0.15) is 61.6 Å². The maximum Gasteiger partial charge on any atom is 0.115 e. The molecule has 3 aliphatic carbocycles. The van der Waals surface area contributed by atoms with Gasteiger partial charge in [0.05, 0.1) is 6.21 Å². The van der Waals surface area contributed by atoms with Gasteiger partial charge in [-0.2, -0.15) is 10.2 Å². The summed E-state index contributed by atoms with van der Waals surface area (Å²) in [5.74, 6) is 2.44. The van der Waals surface area contributed by atoms with Crippen LogP contribution < -0.4 is 0 Å². The number of rotatable bonds is 2. The Morgan fingerprint density at radius 2 is 1.90 bits per heavy atom. The van der Waals surface area contributed by atoms with E-state index in [1.165, 1.54) is 42.5 Å². The van der Waals surface area contributed by atoms with Crippen molar-refractivity contribution < 1.29 is 5.11 Å². The number of phenols is 1. The number of aromatic hydroxyl groups is 1. The molecule has 0 spiro atoms. The molecule has 0 bridgehead atoms. The first kappa shape index (κ1) is 18.9. The molecular formula is C25H27ClN2O. The zero-order chi connectivity index (χ0) is 20.0. The molecule has 3 nitrogen and oxygen atoms in total. The molecule has 0 unspecified atom stereocenters. The van der Waals surface area contributed by atoms with Gasteiger partial charge >= 0.3 is 0 Å². The lowest BCUT2D eigenvalue weighted by Crippen LogP contribution is -2.42. The normalized spacial score (nSPS) is 32.2. The molecular weight excluding hydrogens is 380 g/mol. The summed E-state index contributed by atoms with van der Waals surface area (Å²) in [5, 5.41) is 19.7. The molecule has 0 amide bonds. The first-order valence-electron chi connectivity index (χ1n) is 10.7. The van der Waals surface area contributed by atoms with Crippen molar-refractivity contribution in [2.45, 2.75) is 51.4 Å². The van der Waals surface area contributed by atoms with Crippen LogP contribution in [0.3, 0.4) is 0 Å². The number of halogens is 1. The topological polar surface area (TPSA) is 45.0 Å². The predicted molar refractivity (Wildman–Crippen MR) is 119 cm³/mol. The van der Waals surface area contributed by atoms with E-state index in [1.807, 2.05) is 42.6 Å². The molecule has 2 saturated carbocycles. The highest BCUT2D eigenvalue weighted by molar-refractivity contribution is 6.30. The Kier molecular flexibility index (Phi) is 4.74. The van der Waals surface area contributed by atoms with Crippen LogP contribution in [0, 0.1) is 17.3 Å². The first-order valence-corrected chi connectivity index (χ1v) is 11.1. The molecule has 5 rings (SSSR count). The molecule has 2 aromatic rings. The predicted octanol–water partition coefficient (Wildman–Crippen LogP) is 6.38. The molecule has 2 aromatic carbocycles. The number of hydrogen-bond donors (Lipinski definition) is 1. The van der Waals surface area contributed by atoms with Gasteiger partial charge in [0.25, 0.3) is 0 Å². The van der Waals surface area contributed by atoms with E-state index in [1.54, 1.807) is 0 Å². The molecule has 29 heavy (non-hydrogen) atoms. The number of benzene rings is 2. The molecule has 0 saturated heterocycles. The van der Waals surface area contributed by atoms with Crippen molar-refractivity contribution in [3.63, 3.8) is 0 Å². The minimum Gasteiger partial charge on any atom is -0.508 e.